The highest BCUT2D eigenvalue weighted by molar-refractivity contribution is 5.84. The van der Waals surface area contributed by atoms with Crippen molar-refractivity contribution in [3.05, 3.63) is 30.0 Å². The van der Waals surface area contributed by atoms with E-state index in [1.165, 1.54) is 6.92 Å². The highest BCUT2D eigenvalue weighted by Gasteiger charge is 2.44. The van der Waals surface area contributed by atoms with E-state index in [9.17, 15) is 25.2 Å². The zero-order valence-electron chi connectivity index (χ0n) is 14.8. The molecule has 1 aromatic carbocycles. The van der Waals surface area contributed by atoms with Crippen LogP contribution in [-0.2, 0) is 16.0 Å². The second-order valence-electron chi connectivity index (χ2n) is 6.57. The number of aliphatic hydroxyl groups is 4. The molecule has 27 heavy (non-hydrogen) atoms. The van der Waals surface area contributed by atoms with Crippen LogP contribution in [0.3, 0.4) is 0 Å². The Bertz CT molecular complexity index is 791. The van der Waals surface area contributed by atoms with E-state index >= 15 is 0 Å². The fourth-order valence-electron chi connectivity index (χ4n) is 3.11. The first-order chi connectivity index (χ1) is 12.9. The van der Waals surface area contributed by atoms with Gasteiger partial charge in [-0.15, -0.1) is 0 Å². The number of aliphatic hydroxyl groups excluding tert-OH is 4. The Kier molecular flexibility index (Phi) is 5.98. The van der Waals surface area contributed by atoms with Gasteiger partial charge in [-0.05, 0) is 30.2 Å². The van der Waals surface area contributed by atoms with Gasteiger partial charge in [0.25, 0.3) is 0 Å². The molecular weight excluding hydrogens is 356 g/mol. The molecule has 0 radical (unpaired) electrons. The third-order valence-electron chi connectivity index (χ3n) is 4.61. The highest BCUT2D eigenvalue weighted by Crippen LogP contribution is 2.28. The lowest BCUT2D eigenvalue weighted by Gasteiger charge is -2.39. The zero-order valence-corrected chi connectivity index (χ0v) is 14.8. The van der Waals surface area contributed by atoms with Crippen molar-refractivity contribution in [3.8, 4) is 5.75 Å². The molecular formula is C18H24N2O7. The van der Waals surface area contributed by atoms with Crippen LogP contribution in [-0.4, -0.2) is 75.2 Å². The summed E-state index contributed by atoms with van der Waals surface area (Å²) in [6, 6.07) is 5.24. The van der Waals surface area contributed by atoms with Crippen LogP contribution in [0.25, 0.3) is 10.9 Å². The number of benzene rings is 1. The van der Waals surface area contributed by atoms with Gasteiger partial charge in [-0.1, -0.05) is 0 Å². The van der Waals surface area contributed by atoms with Crippen LogP contribution in [0.2, 0.25) is 0 Å². The van der Waals surface area contributed by atoms with Crippen LogP contribution in [0, 0.1) is 0 Å². The molecule has 2 aromatic rings. The molecule has 0 bridgehead atoms. The molecule has 148 valence electrons. The Morgan fingerprint density at radius 2 is 2.04 bits per heavy atom. The average molecular weight is 380 g/mol. The molecule has 1 fully saturated rings. The zero-order chi connectivity index (χ0) is 19.6. The van der Waals surface area contributed by atoms with Crippen molar-refractivity contribution in [1.29, 1.82) is 0 Å². The number of amides is 1. The van der Waals surface area contributed by atoms with Crippen LogP contribution in [0.15, 0.2) is 24.4 Å². The van der Waals surface area contributed by atoms with Crippen molar-refractivity contribution >= 4 is 16.8 Å². The molecule has 0 spiro atoms. The van der Waals surface area contributed by atoms with E-state index in [0.29, 0.717) is 18.7 Å². The molecule has 1 aliphatic rings. The molecule has 5 atom stereocenters. The lowest BCUT2D eigenvalue weighted by molar-refractivity contribution is -0.277. The van der Waals surface area contributed by atoms with Gasteiger partial charge in [0.1, 0.15) is 30.2 Å². The van der Waals surface area contributed by atoms with Crippen LogP contribution in [0.5, 0.6) is 5.75 Å². The van der Waals surface area contributed by atoms with Crippen molar-refractivity contribution in [2.24, 2.45) is 0 Å². The maximum absolute atomic E-state index is 11.0. The summed E-state index contributed by atoms with van der Waals surface area (Å²) >= 11 is 0. The fraction of sp³-hybridized carbons (Fsp3) is 0.500. The first-order valence-corrected chi connectivity index (χ1v) is 8.72. The monoisotopic (exact) mass is 380 g/mol. The first kappa shape index (κ1) is 19.6. The van der Waals surface area contributed by atoms with E-state index in [0.717, 1.165) is 16.5 Å². The summed E-state index contributed by atoms with van der Waals surface area (Å²) in [7, 11) is 0. The van der Waals surface area contributed by atoms with Gasteiger partial charge in [-0.3, -0.25) is 4.79 Å². The smallest absolute Gasteiger partial charge is 0.229 e. The van der Waals surface area contributed by atoms with Crippen molar-refractivity contribution in [3.63, 3.8) is 0 Å². The summed E-state index contributed by atoms with van der Waals surface area (Å²) in [6.45, 7) is 1.44. The third kappa shape index (κ3) is 4.23. The normalized spacial score (nSPS) is 28.3. The number of aromatic amines is 1. The molecule has 9 heteroatoms. The number of rotatable bonds is 6. The molecule has 1 aromatic heterocycles. The van der Waals surface area contributed by atoms with Crippen LogP contribution < -0.4 is 10.1 Å². The minimum atomic E-state index is -1.50. The number of aromatic nitrogens is 1. The van der Waals surface area contributed by atoms with Gasteiger partial charge in [-0.25, -0.2) is 0 Å². The number of H-pyrrole nitrogens is 1. The number of fused-ring (bicyclic) bond motifs is 1. The van der Waals surface area contributed by atoms with Crippen molar-refractivity contribution in [1.82, 2.24) is 10.3 Å². The molecule has 9 nitrogen and oxygen atoms in total. The van der Waals surface area contributed by atoms with E-state index in [1.54, 1.807) is 18.2 Å². The topological polar surface area (TPSA) is 144 Å². The molecule has 2 heterocycles. The Morgan fingerprint density at radius 3 is 2.74 bits per heavy atom. The minimum absolute atomic E-state index is 0.0959. The summed E-state index contributed by atoms with van der Waals surface area (Å²) < 4.78 is 11.0. The number of nitrogens with one attached hydrogen (secondary N) is 2. The summed E-state index contributed by atoms with van der Waals surface area (Å²) in [5.74, 6) is 0.300. The van der Waals surface area contributed by atoms with E-state index in [-0.39, 0.29) is 5.91 Å². The maximum atomic E-state index is 11.0. The molecule has 0 aliphatic carbocycles. The summed E-state index contributed by atoms with van der Waals surface area (Å²) in [6.07, 6.45) is -4.18. The lowest BCUT2D eigenvalue weighted by atomic mass is 9.99. The summed E-state index contributed by atoms with van der Waals surface area (Å²) in [5, 5.41) is 42.7. The molecule has 3 rings (SSSR count). The second kappa shape index (κ2) is 8.24. The molecule has 1 aliphatic heterocycles. The largest absolute Gasteiger partial charge is 0.462 e. The standard InChI is InChI=1S/C18H24N2O7/c1-9(22)19-5-4-10-7-20-13-3-2-11(6-12(10)13)26-18-17(25)16(24)15(23)14(8-21)27-18/h2-3,6-7,14-18,20-21,23-25H,4-5,8H2,1H3,(H,19,22)/t14?,15-,16?,17?,18-/m1/s1. The van der Waals surface area contributed by atoms with E-state index in [4.69, 9.17) is 9.47 Å². The van der Waals surface area contributed by atoms with Crippen LogP contribution in [0.1, 0.15) is 12.5 Å². The van der Waals surface area contributed by atoms with Gasteiger partial charge in [0.2, 0.25) is 12.2 Å². The fourth-order valence-corrected chi connectivity index (χ4v) is 3.11. The van der Waals surface area contributed by atoms with Gasteiger partial charge in [-0.2, -0.15) is 0 Å². The second-order valence-corrected chi connectivity index (χ2v) is 6.57. The van der Waals surface area contributed by atoms with E-state index < -0.39 is 37.3 Å². The molecule has 3 unspecified atom stereocenters. The Balaban J connectivity index is 1.75. The molecule has 6 N–H and O–H groups in total. The predicted molar refractivity (Wildman–Crippen MR) is 95.1 cm³/mol. The predicted octanol–water partition coefficient (Wildman–Crippen LogP) is -0.975. The van der Waals surface area contributed by atoms with Crippen molar-refractivity contribution in [2.45, 2.75) is 44.1 Å². The van der Waals surface area contributed by atoms with Gasteiger partial charge >= 0.3 is 0 Å². The highest BCUT2D eigenvalue weighted by atomic mass is 16.7. The Labute approximate surface area is 155 Å². The summed E-state index contributed by atoms with van der Waals surface area (Å²) in [4.78, 5) is 14.2. The van der Waals surface area contributed by atoms with Crippen LogP contribution in [0.4, 0.5) is 0 Å². The lowest BCUT2D eigenvalue weighted by Crippen LogP contribution is -2.60. The van der Waals surface area contributed by atoms with Gasteiger partial charge in [0, 0.05) is 30.6 Å². The van der Waals surface area contributed by atoms with E-state index in [2.05, 4.69) is 10.3 Å². The first-order valence-electron chi connectivity index (χ1n) is 8.72. The van der Waals surface area contributed by atoms with Gasteiger partial charge < -0.3 is 40.2 Å². The van der Waals surface area contributed by atoms with Gasteiger partial charge in [0.05, 0.1) is 6.61 Å². The van der Waals surface area contributed by atoms with Crippen molar-refractivity contribution < 1.29 is 34.7 Å². The quantitative estimate of drug-likeness (QED) is 0.378. The minimum Gasteiger partial charge on any atom is -0.462 e. The SMILES string of the molecule is CC(=O)NCCc1c[nH]c2ccc(O[C@@H]3OC(CO)[C@@H](O)C(O)C3O)cc12. The number of hydrogen-bond acceptors (Lipinski definition) is 7. The van der Waals surface area contributed by atoms with E-state index in [1.807, 2.05) is 6.20 Å². The molecule has 1 saturated heterocycles. The summed E-state index contributed by atoms with van der Waals surface area (Å²) in [5.41, 5.74) is 1.87. The maximum Gasteiger partial charge on any atom is 0.229 e. The Hall–Kier alpha value is -2.17. The average Bonchev–Trinajstić information content (AvgIpc) is 3.04. The number of ether oxygens (including phenoxy) is 2. The molecule has 0 saturated carbocycles. The number of carbonyl (C=O) groups excluding carboxylic acids is 1. The third-order valence-corrected chi connectivity index (χ3v) is 4.61. The van der Waals surface area contributed by atoms with Gasteiger partial charge in [0.15, 0.2) is 0 Å². The number of hydrogen-bond donors (Lipinski definition) is 6. The Morgan fingerprint density at radius 1 is 1.26 bits per heavy atom. The molecule has 1 amide bonds. The van der Waals surface area contributed by atoms with Crippen LogP contribution >= 0.6 is 0 Å². The van der Waals surface area contributed by atoms with Crippen molar-refractivity contribution in [2.75, 3.05) is 13.2 Å². The number of carbonyl (C=O) groups is 1.